The van der Waals surface area contributed by atoms with E-state index in [0.29, 0.717) is 12.2 Å². The molecule has 2 aromatic carbocycles. The van der Waals surface area contributed by atoms with Crippen LogP contribution in [0.15, 0.2) is 53.3 Å². The highest BCUT2D eigenvalue weighted by molar-refractivity contribution is 5.80. The molecule has 1 saturated carbocycles. The van der Waals surface area contributed by atoms with Crippen molar-refractivity contribution in [3.8, 4) is 11.5 Å². The third-order valence-electron chi connectivity index (χ3n) is 8.03. The summed E-state index contributed by atoms with van der Waals surface area (Å²) in [4.78, 5) is 21.3. The van der Waals surface area contributed by atoms with Gasteiger partial charge in [0.2, 0.25) is 0 Å². The molecule has 0 amide bonds. The summed E-state index contributed by atoms with van der Waals surface area (Å²) in [5, 5.41) is 23.7. The van der Waals surface area contributed by atoms with Crippen molar-refractivity contribution >= 4 is 16.6 Å². The summed E-state index contributed by atoms with van der Waals surface area (Å²) >= 11 is 0. The molecule has 10 nitrogen and oxygen atoms in total. The summed E-state index contributed by atoms with van der Waals surface area (Å²) in [5.74, 6) is 1.76. The second-order valence-electron chi connectivity index (χ2n) is 10.5. The molecule has 1 aliphatic heterocycles. The van der Waals surface area contributed by atoms with E-state index in [0.717, 1.165) is 80.0 Å². The molecule has 0 radical (unpaired) electrons. The summed E-state index contributed by atoms with van der Waals surface area (Å²) < 4.78 is 7.72. The maximum absolute atomic E-state index is 13.6. The van der Waals surface area contributed by atoms with Gasteiger partial charge in [0.05, 0.1) is 12.6 Å². The molecule has 1 saturated heterocycles. The highest BCUT2D eigenvalue weighted by Crippen LogP contribution is 2.34. The lowest BCUT2D eigenvalue weighted by Gasteiger charge is -2.40. The van der Waals surface area contributed by atoms with Crippen LogP contribution in [0.3, 0.4) is 0 Å². The average molecular weight is 530 g/mol. The number of hydrogen-bond acceptors (Lipinski definition) is 8. The number of anilines is 1. The van der Waals surface area contributed by atoms with Gasteiger partial charge in [0, 0.05) is 48.3 Å². The first-order valence-corrected chi connectivity index (χ1v) is 14.0. The van der Waals surface area contributed by atoms with Crippen LogP contribution < -0.4 is 15.2 Å². The van der Waals surface area contributed by atoms with Gasteiger partial charge in [-0.1, -0.05) is 19.3 Å². The lowest BCUT2D eigenvalue weighted by molar-refractivity contribution is 0.192. The van der Waals surface area contributed by atoms with E-state index in [4.69, 9.17) is 4.74 Å². The lowest BCUT2D eigenvalue weighted by atomic mass is 9.95. The summed E-state index contributed by atoms with van der Waals surface area (Å²) in [5.41, 5.74) is 2.36. The molecule has 2 fully saturated rings. The van der Waals surface area contributed by atoms with Crippen LogP contribution in [-0.4, -0.2) is 68.0 Å². The number of nitrogens with zero attached hydrogens (tertiary/aromatic N) is 6. The van der Waals surface area contributed by atoms with E-state index >= 15 is 0 Å². The zero-order valence-electron chi connectivity index (χ0n) is 22.3. The molecule has 0 bridgehead atoms. The normalized spacial score (nSPS) is 17.9. The van der Waals surface area contributed by atoms with Crippen LogP contribution in [0.25, 0.3) is 10.9 Å². The molecule has 0 unspecified atom stereocenters. The van der Waals surface area contributed by atoms with Gasteiger partial charge >= 0.3 is 0 Å². The van der Waals surface area contributed by atoms with Gasteiger partial charge in [-0.3, -0.25) is 9.69 Å². The van der Waals surface area contributed by atoms with E-state index < -0.39 is 0 Å². The summed E-state index contributed by atoms with van der Waals surface area (Å²) in [6.07, 6.45) is 5.66. The van der Waals surface area contributed by atoms with E-state index in [1.165, 1.54) is 6.42 Å². The number of phenols is 1. The number of fused-ring (bicyclic) bond motifs is 1. The van der Waals surface area contributed by atoms with Crippen LogP contribution in [0.4, 0.5) is 5.69 Å². The first-order valence-electron chi connectivity index (χ1n) is 14.0. The molecular formula is C29H35N7O3. The van der Waals surface area contributed by atoms with Crippen molar-refractivity contribution in [3.05, 3.63) is 70.3 Å². The van der Waals surface area contributed by atoms with Gasteiger partial charge in [-0.15, -0.1) is 5.10 Å². The number of nitrogens with one attached hydrogen (secondary N) is 1. The Morgan fingerprint density at radius 2 is 1.79 bits per heavy atom. The van der Waals surface area contributed by atoms with Crippen molar-refractivity contribution < 1.29 is 9.84 Å². The van der Waals surface area contributed by atoms with Crippen LogP contribution in [0.1, 0.15) is 62.5 Å². The molecule has 2 N–H and O–H groups in total. The molecule has 4 aromatic rings. The number of aromatic hydroxyl groups is 1. The van der Waals surface area contributed by atoms with Gasteiger partial charge in [0.1, 0.15) is 17.5 Å². The van der Waals surface area contributed by atoms with Gasteiger partial charge in [-0.05, 0) is 78.7 Å². The highest BCUT2D eigenvalue weighted by atomic mass is 16.5. The zero-order valence-corrected chi connectivity index (χ0v) is 22.3. The Labute approximate surface area is 227 Å². The number of H-pyrrole nitrogens is 1. The Balaban J connectivity index is 1.38. The minimum absolute atomic E-state index is 0.129. The predicted octanol–water partition coefficient (Wildman–Crippen LogP) is 4.04. The van der Waals surface area contributed by atoms with E-state index in [2.05, 4.69) is 30.3 Å². The Morgan fingerprint density at radius 1 is 1.03 bits per heavy atom. The number of rotatable bonds is 7. The second kappa shape index (κ2) is 11.1. The molecule has 2 aromatic heterocycles. The number of aromatic nitrogens is 5. The van der Waals surface area contributed by atoms with E-state index in [1.807, 2.05) is 48.0 Å². The average Bonchev–Trinajstić information content (AvgIpc) is 3.45. The van der Waals surface area contributed by atoms with Crippen molar-refractivity contribution in [2.75, 3.05) is 37.7 Å². The van der Waals surface area contributed by atoms with Crippen LogP contribution >= 0.6 is 0 Å². The second-order valence-corrected chi connectivity index (χ2v) is 10.5. The third kappa shape index (κ3) is 5.21. The number of ether oxygens (including phenoxy) is 1. The van der Waals surface area contributed by atoms with Crippen LogP contribution in [0.2, 0.25) is 0 Å². The molecule has 1 atom stereocenters. The van der Waals surface area contributed by atoms with Gasteiger partial charge in [0.15, 0.2) is 5.82 Å². The largest absolute Gasteiger partial charge is 0.508 e. The van der Waals surface area contributed by atoms with Crippen LogP contribution in [-0.2, 0) is 0 Å². The summed E-state index contributed by atoms with van der Waals surface area (Å²) in [6.45, 7) is 5.57. The maximum atomic E-state index is 13.6. The quantitative estimate of drug-likeness (QED) is 0.369. The Hall–Kier alpha value is -3.92. The number of piperazine rings is 1. The number of hydrogen-bond donors (Lipinski definition) is 2. The number of aromatic amines is 1. The fourth-order valence-electron chi connectivity index (χ4n) is 6.03. The van der Waals surface area contributed by atoms with E-state index in [9.17, 15) is 9.90 Å². The molecule has 1 aliphatic carbocycles. The predicted molar refractivity (Wildman–Crippen MR) is 149 cm³/mol. The van der Waals surface area contributed by atoms with Gasteiger partial charge in [-0.25, -0.2) is 4.68 Å². The third-order valence-corrected chi connectivity index (χ3v) is 8.03. The molecule has 204 valence electrons. The van der Waals surface area contributed by atoms with E-state index in [1.54, 1.807) is 12.1 Å². The monoisotopic (exact) mass is 529 g/mol. The minimum atomic E-state index is -0.382. The lowest BCUT2D eigenvalue weighted by Crippen LogP contribution is -2.49. The SMILES string of the molecule is CCOc1ccc2[nH]c(=O)c([C@@H](c3nnnn3C3CCCCC3)N3CCN(c4ccc(O)cc4)CC3)cc2c1. The first-order chi connectivity index (χ1) is 19.1. The number of phenolic OH excluding ortho intramolecular Hbond substituents is 1. The Bertz CT molecular complexity index is 1470. The van der Waals surface area contributed by atoms with Gasteiger partial charge < -0.3 is 19.7 Å². The first kappa shape index (κ1) is 25.4. The van der Waals surface area contributed by atoms with Crippen molar-refractivity contribution in [1.82, 2.24) is 30.1 Å². The molecule has 10 heteroatoms. The van der Waals surface area contributed by atoms with Crippen molar-refractivity contribution in [2.24, 2.45) is 0 Å². The summed E-state index contributed by atoms with van der Waals surface area (Å²) in [6, 6.07) is 14.9. The number of pyridine rings is 1. The molecule has 6 rings (SSSR count). The smallest absolute Gasteiger partial charge is 0.253 e. The Kier molecular flexibility index (Phi) is 7.19. The molecule has 3 heterocycles. The minimum Gasteiger partial charge on any atom is -0.508 e. The fourth-order valence-corrected chi connectivity index (χ4v) is 6.03. The molecule has 2 aliphatic rings. The fraction of sp³-hybridized carbons (Fsp3) is 0.448. The van der Waals surface area contributed by atoms with Crippen molar-refractivity contribution in [2.45, 2.75) is 51.1 Å². The maximum Gasteiger partial charge on any atom is 0.253 e. The van der Waals surface area contributed by atoms with Crippen LogP contribution in [0, 0.1) is 0 Å². The highest BCUT2D eigenvalue weighted by Gasteiger charge is 2.34. The van der Waals surface area contributed by atoms with Crippen molar-refractivity contribution in [1.29, 1.82) is 0 Å². The molecule has 0 spiro atoms. The summed E-state index contributed by atoms with van der Waals surface area (Å²) in [7, 11) is 0. The van der Waals surface area contributed by atoms with Crippen LogP contribution in [0.5, 0.6) is 11.5 Å². The van der Waals surface area contributed by atoms with Gasteiger partial charge in [0.25, 0.3) is 5.56 Å². The molecular weight excluding hydrogens is 494 g/mol. The van der Waals surface area contributed by atoms with Crippen molar-refractivity contribution in [3.63, 3.8) is 0 Å². The molecule has 39 heavy (non-hydrogen) atoms. The number of tetrazole rings is 1. The number of benzene rings is 2. The standard InChI is InChI=1S/C29H35N7O3/c1-2-39-24-12-13-26-20(18-24)19-25(29(38)30-26)27(28-31-32-33-36(28)22-6-4-3-5-7-22)35-16-14-34(15-17-35)21-8-10-23(37)11-9-21/h8-13,18-19,22,27,37H,2-7,14-17H2,1H3,(H,30,38)/t27-/m0/s1. The zero-order chi connectivity index (χ0) is 26.8. The van der Waals surface area contributed by atoms with Gasteiger partial charge in [-0.2, -0.15) is 0 Å². The Morgan fingerprint density at radius 3 is 2.54 bits per heavy atom. The van der Waals surface area contributed by atoms with E-state index in [-0.39, 0.29) is 23.4 Å². The topological polar surface area (TPSA) is 112 Å².